The summed E-state index contributed by atoms with van der Waals surface area (Å²) in [6, 6.07) is 10.1. The van der Waals surface area contributed by atoms with E-state index in [0.717, 1.165) is 24.7 Å². The molecule has 0 spiro atoms. The monoisotopic (exact) mass is 288 g/mol. The number of aliphatic imine (C=N–C) groups is 1. The smallest absolute Gasteiger partial charge is 0.216 e. The molecule has 0 aromatic heterocycles. The number of carbonyl (C=O) groups is 1. The fraction of sp³-hybridized carbons (Fsp3) is 0.500. The van der Waals surface area contributed by atoms with Crippen LogP contribution in [-0.2, 0) is 4.79 Å². The molecule has 21 heavy (non-hydrogen) atoms. The maximum absolute atomic E-state index is 10.9. The van der Waals surface area contributed by atoms with E-state index in [2.05, 4.69) is 20.5 Å². The van der Waals surface area contributed by atoms with Crippen LogP contribution in [-0.4, -0.2) is 42.9 Å². The SMILES string of the molecule is CC(=O)NCCN=C(Nc1ccccc1)N1CCCCC1. The molecule has 5 nitrogen and oxygen atoms in total. The Hall–Kier alpha value is -2.04. The molecular weight excluding hydrogens is 264 g/mol. The lowest BCUT2D eigenvalue weighted by atomic mass is 10.1. The van der Waals surface area contributed by atoms with Gasteiger partial charge in [-0.2, -0.15) is 0 Å². The van der Waals surface area contributed by atoms with Crippen molar-refractivity contribution < 1.29 is 4.79 Å². The van der Waals surface area contributed by atoms with Crippen molar-refractivity contribution in [1.29, 1.82) is 0 Å². The summed E-state index contributed by atoms with van der Waals surface area (Å²) in [5.41, 5.74) is 1.04. The van der Waals surface area contributed by atoms with Crippen LogP contribution in [0, 0.1) is 0 Å². The van der Waals surface area contributed by atoms with E-state index in [-0.39, 0.29) is 5.91 Å². The summed E-state index contributed by atoms with van der Waals surface area (Å²) in [6.45, 7) is 4.77. The van der Waals surface area contributed by atoms with Crippen molar-refractivity contribution in [1.82, 2.24) is 10.2 Å². The molecule has 0 radical (unpaired) electrons. The summed E-state index contributed by atoms with van der Waals surface area (Å²) in [7, 11) is 0. The van der Waals surface area contributed by atoms with E-state index >= 15 is 0 Å². The number of nitrogens with one attached hydrogen (secondary N) is 2. The van der Waals surface area contributed by atoms with Crippen LogP contribution in [0.2, 0.25) is 0 Å². The Bertz CT molecular complexity index is 466. The van der Waals surface area contributed by atoms with Crippen molar-refractivity contribution >= 4 is 17.6 Å². The Labute approximate surface area is 126 Å². The lowest BCUT2D eigenvalue weighted by molar-refractivity contribution is -0.118. The fourth-order valence-corrected chi connectivity index (χ4v) is 2.37. The molecule has 0 aliphatic carbocycles. The standard InChI is InChI=1S/C16H24N4O/c1-14(21)17-10-11-18-16(20-12-6-3-7-13-20)19-15-8-4-2-5-9-15/h2,4-5,8-9H,3,6-7,10-13H2,1H3,(H,17,21)(H,18,19). The first-order valence-electron chi connectivity index (χ1n) is 7.61. The highest BCUT2D eigenvalue weighted by atomic mass is 16.1. The Morgan fingerprint density at radius 2 is 1.90 bits per heavy atom. The lowest BCUT2D eigenvalue weighted by Crippen LogP contribution is -2.40. The largest absolute Gasteiger partial charge is 0.354 e. The van der Waals surface area contributed by atoms with E-state index < -0.39 is 0 Å². The molecule has 5 heteroatoms. The molecule has 114 valence electrons. The number of rotatable bonds is 4. The highest BCUT2D eigenvalue weighted by molar-refractivity contribution is 5.93. The zero-order valence-electron chi connectivity index (χ0n) is 12.6. The van der Waals surface area contributed by atoms with E-state index in [1.807, 2.05) is 30.3 Å². The predicted molar refractivity (Wildman–Crippen MR) is 86.5 cm³/mol. The van der Waals surface area contributed by atoms with Gasteiger partial charge in [0.15, 0.2) is 5.96 Å². The molecule has 1 aromatic carbocycles. The van der Waals surface area contributed by atoms with Crippen LogP contribution in [0.1, 0.15) is 26.2 Å². The molecule has 1 aliphatic heterocycles. The third kappa shape index (κ3) is 5.45. The van der Waals surface area contributed by atoms with E-state index in [1.54, 1.807) is 0 Å². The number of amides is 1. The first-order valence-corrected chi connectivity index (χ1v) is 7.61. The summed E-state index contributed by atoms with van der Waals surface area (Å²) < 4.78 is 0. The minimum absolute atomic E-state index is 0.0132. The Kier molecular flexibility index (Phi) is 6.06. The van der Waals surface area contributed by atoms with Crippen LogP contribution in [0.3, 0.4) is 0 Å². The number of guanidine groups is 1. The first-order chi connectivity index (χ1) is 10.3. The molecule has 1 aromatic rings. The third-order valence-electron chi connectivity index (χ3n) is 3.43. The van der Waals surface area contributed by atoms with Crippen LogP contribution >= 0.6 is 0 Å². The molecule has 0 bridgehead atoms. The van der Waals surface area contributed by atoms with Crippen molar-refractivity contribution in [2.75, 3.05) is 31.5 Å². The number of anilines is 1. The van der Waals surface area contributed by atoms with Crippen LogP contribution in [0.15, 0.2) is 35.3 Å². The second-order valence-corrected chi connectivity index (χ2v) is 5.23. The van der Waals surface area contributed by atoms with Gasteiger partial charge in [-0.25, -0.2) is 0 Å². The van der Waals surface area contributed by atoms with Gasteiger partial charge in [-0.1, -0.05) is 18.2 Å². The average molecular weight is 288 g/mol. The summed E-state index contributed by atoms with van der Waals surface area (Å²) in [4.78, 5) is 17.8. The average Bonchev–Trinajstić information content (AvgIpc) is 2.52. The number of hydrogen-bond donors (Lipinski definition) is 2. The minimum atomic E-state index is -0.0132. The molecule has 0 saturated carbocycles. The maximum atomic E-state index is 10.9. The molecule has 0 unspecified atom stereocenters. The molecule has 2 N–H and O–H groups in total. The molecule has 1 amide bonds. The second-order valence-electron chi connectivity index (χ2n) is 5.23. The quantitative estimate of drug-likeness (QED) is 0.507. The van der Waals surface area contributed by atoms with Crippen molar-refractivity contribution in [2.24, 2.45) is 4.99 Å². The fourth-order valence-electron chi connectivity index (χ4n) is 2.37. The molecule has 1 heterocycles. The number of nitrogens with zero attached hydrogens (tertiary/aromatic N) is 2. The van der Waals surface area contributed by atoms with E-state index in [0.29, 0.717) is 13.1 Å². The first kappa shape index (κ1) is 15.4. The van der Waals surface area contributed by atoms with Gasteiger partial charge in [0.05, 0.1) is 6.54 Å². The number of likely N-dealkylation sites (tertiary alicyclic amines) is 1. The van der Waals surface area contributed by atoms with E-state index in [4.69, 9.17) is 0 Å². The molecule has 1 saturated heterocycles. The summed E-state index contributed by atoms with van der Waals surface area (Å²) in [5, 5.41) is 6.18. The highest BCUT2D eigenvalue weighted by Gasteiger charge is 2.14. The lowest BCUT2D eigenvalue weighted by Gasteiger charge is -2.30. The molecular formula is C16H24N4O. The predicted octanol–water partition coefficient (Wildman–Crippen LogP) is 2.08. The molecule has 1 aliphatic rings. The van der Waals surface area contributed by atoms with Gasteiger partial charge in [0.1, 0.15) is 0 Å². The minimum Gasteiger partial charge on any atom is -0.354 e. The van der Waals surface area contributed by atoms with Crippen LogP contribution < -0.4 is 10.6 Å². The van der Waals surface area contributed by atoms with E-state index in [1.165, 1.54) is 26.2 Å². The normalized spacial score (nSPS) is 15.7. The number of benzene rings is 1. The van der Waals surface area contributed by atoms with Gasteiger partial charge in [-0.05, 0) is 31.4 Å². The Morgan fingerprint density at radius 3 is 2.57 bits per heavy atom. The summed E-state index contributed by atoms with van der Waals surface area (Å²) >= 11 is 0. The summed E-state index contributed by atoms with van der Waals surface area (Å²) in [6.07, 6.45) is 3.71. The number of hydrogen-bond acceptors (Lipinski definition) is 2. The van der Waals surface area contributed by atoms with E-state index in [9.17, 15) is 4.79 Å². The van der Waals surface area contributed by atoms with Crippen LogP contribution in [0.4, 0.5) is 5.69 Å². The topological polar surface area (TPSA) is 56.7 Å². The van der Waals surface area contributed by atoms with Crippen molar-refractivity contribution in [2.45, 2.75) is 26.2 Å². The molecule has 1 fully saturated rings. The second kappa shape index (κ2) is 8.29. The molecule has 2 rings (SSSR count). The van der Waals surface area contributed by atoms with Crippen molar-refractivity contribution in [3.05, 3.63) is 30.3 Å². The highest BCUT2D eigenvalue weighted by Crippen LogP contribution is 2.12. The van der Waals surface area contributed by atoms with Gasteiger partial charge in [-0.15, -0.1) is 0 Å². The van der Waals surface area contributed by atoms with Gasteiger partial charge in [0, 0.05) is 32.2 Å². The maximum Gasteiger partial charge on any atom is 0.216 e. The number of para-hydroxylation sites is 1. The summed E-state index contributed by atoms with van der Waals surface area (Å²) in [5.74, 6) is 0.895. The van der Waals surface area contributed by atoms with Gasteiger partial charge in [0.25, 0.3) is 0 Å². The van der Waals surface area contributed by atoms with Gasteiger partial charge < -0.3 is 15.5 Å². The number of carbonyl (C=O) groups excluding carboxylic acids is 1. The van der Waals surface area contributed by atoms with Crippen LogP contribution in [0.25, 0.3) is 0 Å². The zero-order chi connectivity index (χ0) is 14.9. The number of piperidine rings is 1. The Balaban J connectivity index is 1.98. The van der Waals surface area contributed by atoms with Gasteiger partial charge in [-0.3, -0.25) is 9.79 Å². The van der Waals surface area contributed by atoms with Gasteiger partial charge >= 0.3 is 0 Å². The Morgan fingerprint density at radius 1 is 1.19 bits per heavy atom. The van der Waals surface area contributed by atoms with Crippen molar-refractivity contribution in [3.63, 3.8) is 0 Å². The van der Waals surface area contributed by atoms with Crippen molar-refractivity contribution in [3.8, 4) is 0 Å². The third-order valence-corrected chi connectivity index (χ3v) is 3.43. The van der Waals surface area contributed by atoms with Gasteiger partial charge in [0.2, 0.25) is 5.91 Å². The zero-order valence-corrected chi connectivity index (χ0v) is 12.6. The molecule has 0 atom stereocenters. The van der Waals surface area contributed by atoms with Crippen LogP contribution in [0.5, 0.6) is 0 Å².